The number of nitrogens with one attached hydrogen (secondary N) is 1. The van der Waals surface area contributed by atoms with Crippen molar-refractivity contribution in [2.75, 3.05) is 6.61 Å². The van der Waals surface area contributed by atoms with Gasteiger partial charge in [-0.25, -0.2) is 0 Å². The number of carbonyl (C=O) groups excluding carboxylic acids is 2. The number of hydrogen-bond acceptors (Lipinski definition) is 4. The van der Waals surface area contributed by atoms with Gasteiger partial charge in [0.15, 0.2) is 0 Å². The first kappa shape index (κ1) is 23.2. The van der Waals surface area contributed by atoms with Crippen molar-refractivity contribution in [3.63, 3.8) is 0 Å². The molecule has 1 aromatic carbocycles. The van der Waals surface area contributed by atoms with E-state index in [4.69, 9.17) is 0 Å². The maximum Gasteiger partial charge on any atom is 0.258 e. The molecule has 2 N–H and O–H groups in total. The minimum absolute atomic E-state index is 0.0593. The molecule has 1 saturated heterocycles. The Morgan fingerprint density at radius 3 is 2.50 bits per heavy atom. The molecule has 0 unspecified atom stereocenters. The number of carbonyl (C=O) groups is 2. The van der Waals surface area contributed by atoms with Crippen molar-refractivity contribution in [2.24, 2.45) is 11.8 Å². The molecule has 2 bridgehead atoms. The smallest absolute Gasteiger partial charge is 0.258 e. The lowest BCUT2D eigenvalue weighted by Gasteiger charge is -2.38. The molecule has 4 aliphatic rings. The summed E-state index contributed by atoms with van der Waals surface area (Å²) in [5.74, 6) is -1.35. The molecule has 2 fully saturated rings. The SMILES string of the molecule is O=C(NC1CCCC1)[C@H]1[C@H](CO)[C@H]2Cn3c(ccc(C4=CCCC4)c3=O)[C@@H]1N2C(=O)c1ccccc1. The van der Waals surface area contributed by atoms with E-state index >= 15 is 0 Å². The Morgan fingerprint density at radius 2 is 1.81 bits per heavy atom. The van der Waals surface area contributed by atoms with Gasteiger partial charge in [0.05, 0.1) is 18.0 Å². The molecular weight excluding hydrogens is 454 g/mol. The summed E-state index contributed by atoms with van der Waals surface area (Å²) in [6.45, 7) is 0.0615. The molecule has 6 rings (SSSR count). The van der Waals surface area contributed by atoms with E-state index < -0.39 is 23.9 Å². The molecule has 2 aliphatic carbocycles. The summed E-state index contributed by atoms with van der Waals surface area (Å²) >= 11 is 0. The van der Waals surface area contributed by atoms with Crippen LogP contribution in [0.1, 0.15) is 72.6 Å². The lowest BCUT2D eigenvalue weighted by Crippen LogP contribution is -2.49. The van der Waals surface area contributed by atoms with E-state index in [1.54, 1.807) is 21.6 Å². The van der Waals surface area contributed by atoms with Crippen LogP contribution in [-0.4, -0.2) is 45.1 Å². The van der Waals surface area contributed by atoms with E-state index in [2.05, 4.69) is 11.4 Å². The van der Waals surface area contributed by atoms with Gasteiger partial charge in [-0.3, -0.25) is 14.4 Å². The molecule has 0 radical (unpaired) electrons. The monoisotopic (exact) mass is 487 g/mol. The fraction of sp³-hybridized carbons (Fsp3) is 0.483. The topological polar surface area (TPSA) is 91.6 Å². The fourth-order valence-corrected chi connectivity index (χ4v) is 6.94. The maximum absolute atomic E-state index is 13.8. The minimum atomic E-state index is -0.613. The van der Waals surface area contributed by atoms with Gasteiger partial charge in [-0.15, -0.1) is 0 Å². The third-order valence-corrected chi connectivity index (χ3v) is 8.69. The van der Waals surface area contributed by atoms with Crippen molar-refractivity contribution in [3.8, 4) is 0 Å². The Labute approximate surface area is 210 Å². The zero-order valence-corrected chi connectivity index (χ0v) is 20.4. The molecule has 2 aliphatic heterocycles. The average Bonchev–Trinajstić information content (AvgIpc) is 3.65. The number of hydrogen-bond donors (Lipinski definition) is 2. The van der Waals surface area contributed by atoms with Crippen LogP contribution in [0.25, 0.3) is 5.57 Å². The van der Waals surface area contributed by atoms with Crippen LogP contribution >= 0.6 is 0 Å². The zero-order chi connectivity index (χ0) is 24.8. The van der Waals surface area contributed by atoms with Crippen LogP contribution in [0.4, 0.5) is 0 Å². The molecule has 2 amide bonds. The lowest BCUT2D eigenvalue weighted by atomic mass is 9.86. The van der Waals surface area contributed by atoms with Crippen molar-refractivity contribution in [2.45, 2.75) is 69.6 Å². The van der Waals surface area contributed by atoms with Gasteiger partial charge in [0.25, 0.3) is 11.5 Å². The molecule has 7 nitrogen and oxygen atoms in total. The summed E-state index contributed by atoms with van der Waals surface area (Å²) in [6.07, 6.45) is 9.18. The number of aliphatic hydroxyl groups is 1. The van der Waals surface area contributed by atoms with Gasteiger partial charge in [-0.2, -0.15) is 0 Å². The Hall–Kier alpha value is -3.19. The van der Waals surface area contributed by atoms with Gasteiger partial charge < -0.3 is 19.9 Å². The molecule has 188 valence electrons. The van der Waals surface area contributed by atoms with Crippen molar-refractivity contribution >= 4 is 17.4 Å². The Bertz CT molecular complexity index is 1260. The van der Waals surface area contributed by atoms with E-state index in [1.165, 1.54) is 0 Å². The first-order valence-corrected chi connectivity index (χ1v) is 13.3. The van der Waals surface area contributed by atoms with Crippen LogP contribution in [0.2, 0.25) is 0 Å². The average molecular weight is 488 g/mol. The summed E-state index contributed by atoms with van der Waals surface area (Å²) < 4.78 is 1.77. The highest BCUT2D eigenvalue weighted by Gasteiger charge is 2.57. The van der Waals surface area contributed by atoms with E-state index in [0.717, 1.165) is 50.5 Å². The van der Waals surface area contributed by atoms with E-state index in [9.17, 15) is 19.5 Å². The number of benzene rings is 1. The highest BCUT2D eigenvalue weighted by atomic mass is 16.3. The highest BCUT2D eigenvalue weighted by molar-refractivity contribution is 5.96. The van der Waals surface area contributed by atoms with Crippen molar-refractivity contribution < 1.29 is 14.7 Å². The molecule has 1 saturated carbocycles. The van der Waals surface area contributed by atoms with Crippen LogP contribution in [0.5, 0.6) is 0 Å². The highest BCUT2D eigenvalue weighted by Crippen LogP contribution is 2.49. The summed E-state index contributed by atoms with van der Waals surface area (Å²) in [4.78, 5) is 43.0. The fourth-order valence-electron chi connectivity index (χ4n) is 6.94. The van der Waals surface area contributed by atoms with E-state index in [-0.39, 0.29) is 36.6 Å². The summed E-state index contributed by atoms with van der Waals surface area (Å²) in [7, 11) is 0. The number of allylic oxidation sites excluding steroid dienone is 2. The van der Waals surface area contributed by atoms with E-state index in [1.807, 2.05) is 30.3 Å². The number of pyridine rings is 1. The van der Waals surface area contributed by atoms with Crippen LogP contribution in [0.3, 0.4) is 0 Å². The van der Waals surface area contributed by atoms with E-state index in [0.29, 0.717) is 16.8 Å². The lowest BCUT2D eigenvalue weighted by molar-refractivity contribution is -0.128. The third kappa shape index (κ3) is 3.72. The predicted octanol–water partition coefficient (Wildman–Crippen LogP) is 3.28. The largest absolute Gasteiger partial charge is 0.396 e. The molecule has 2 aromatic rings. The molecule has 36 heavy (non-hydrogen) atoms. The molecule has 3 heterocycles. The summed E-state index contributed by atoms with van der Waals surface area (Å²) in [5, 5.41) is 13.7. The van der Waals surface area contributed by atoms with Crippen molar-refractivity contribution in [1.29, 1.82) is 0 Å². The number of aliphatic hydroxyl groups excluding tert-OH is 1. The molecular formula is C29H33N3O4. The number of aromatic nitrogens is 1. The first-order valence-electron chi connectivity index (χ1n) is 13.3. The number of fused-ring (bicyclic) bond motifs is 4. The maximum atomic E-state index is 13.8. The quantitative estimate of drug-likeness (QED) is 0.677. The molecule has 4 atom stereocenters. The van der Waals surface area contributed by atoms with Gasteiger partial charge in [-0.05, 0) is 61.9 Å². The molecule has 7 heteroatoms. The Morgan fingerprint density at radius 1 is 1.03 bits per heavy atom. The Balaban J connectivity index is 1.45. The molecule has 1 aromatic heterocycles. The summed E-state index contributed by atoms with van der Waals surface area (Å²) in [5.41, 5.74) is 2.97. The van der Waals surface area contributed by atoms with Crippen molar-refractivity contribution in [3.05, 3.63) is 75.7 Å². The van der Waals surface area contributed by atoms with Crippen LogP contribution in [0.15, 0.2) is 53.3 Å². The second kappa shape index (κ2) is 9.36. The normalized spacial score (nSPS) is 27.1. The predicted molar refractivity (Wildman–Crippen MR) is 136 cm³/mol. The van der Waals surface area contributed by atoms with Crippen LogP contribution in [0, 0.1) is 11.8 Å². The van der Waals surface area contributed by atoms with Gasteiger partial charge in [-0.1, -0.05) is 37.1 Å². The van der Waals surface area contributed by atoms with Gasteiger partial charge in [0, 0.05) is 41.9 Å². The standard InChI is InChI=1S/C29H33N3O4/c33-17-22-24-16-31-23(15-14-21(29(31)36)18-8-4-5-9-18)26(25(22)27(34)30-20-12-6-7-13-20)32(24)28(35)19-10-2-1-3-11-19/h1-3,8,10-11,14-15,20,22,24-26,33H,4-7,9,12-13,16-17H2,(H,30,34)/t22-,24-,25+,26+/m1/s1. The molecule has 0 spiro atoms. The number of nitrogens with zero attached hydrogens (tertiary/aromatic N) is 2. The second-order valence-corrected chi connectivity index (χ2v) is 10.7. The summed E-state index contributed by atoms with van der Waals surface area (Å²) in [6, 6.07) is 12.0. The van der Waals surface area contributed by atoms with Gasteiger partial charge in [0.2, 0.25) is 5.91 Å². The van der Waals surface area contributed by atoms with Gasteiger partial charge in [0.1, 0.15) is 0 Å². The number of rotatable bonds is 5. The first-order chi connectivity index (χ1) is 17.6. The zero-order valence-electron chi connectivity index (χ0n) is 20.4. The second-order valence-electron chi connectivity index (χ2n) is 10.7. The van der Waals surface area contributed by atoms with Crippen LogP contribution < -0.4 is 10.9 Å². The Kier molecular flexibility index (Phi) is 6.04. The van der Waals surface area contributed by atoms with Gasteiger partial charge >= 0.3 is 0 Å². The third-order valence-electron chi connectivity index (χ3n) is 8.69. The minimum Gasteiger partial charge on any atom is -0.396 e. The number of amides is 2. The van der Waals surface area contributed by atoms with Crippen LogP contribution in [-0.2, 0) is 11.3 Å². The van der Waals surface area contributed by atoms with Crippen molar-refractivity contribution in [1.82, 2.24) is 14.8 Å².